The first-order valence-corrected chi connectivity index (χ1v) is 17.2. The lowest BCUT2D eigenvalue weighted by atomic mass is 9.98. The number of halogens is 1. The SMILES string of the molecule is CN(C(=O)COC[C@H]1CCCN1)[C@H](Cc1ccc(-c2ccccc2)cc1)C(=O)N(C)[C@H](Cc1ccc(F)cc1)C(=O)NCCc1ccncc1. The molecule has 1 saturated heterocycles. The highest BCUT2D eigenvalue weighted by atomic mass is 19.1. The average molecular weight is 680 g/mol. The largest absolute Gasteiger partial charge is 0.370 e. The third-order valence-corrected chi connectivity index (χ3v) is 9.27. The molecule has 1 aromatic heterocycles. The lowest BCUT2D eigenvalue weighted by Crippen LogP contribution is -2.56. The summed E-state index contributed by atoms with van der Waals surface area (Å²) in [6, 6.07) is 26.0. The number of amides is 3. The van der Waals surface area contributed by atoms with E-state index >= 15 is 0 Å². The molecule has 2 N–H and O–H groups in total. The van der Waals surface area contributed by atoms with Crippen LogP contribution >= 0.6 is 0 Å². The van der Waals surface area contributed by atoms with Crippen molar-refractivity contribution in [2.45, 2.75) is 50.2 Å². The fraction of sp³-hybridized carbons (Fsp3) is 0.350. The minimum absolute atomic E-state index is 0.163. The molecule has 4 aromatic rings. The number of hydrogen-bond acceptors (Lipinski definition) is 6. The van der Waals surface area contributed by atoms with Crippen LogP contribution < -0.4 is 10.6 Å². The second-order valence-corrected chi connectivity index (χ2v) is 12.8. The number of hydrogen-bond donors (Lipinski definition) is 2. The number of benzene rings is 3. The summed E-state index contributed by atoms with van der Waals surface area (Å²) < 4.78 is 19.6. The third kappa shape index (κ3) is 10.3. The number of carbonyl (C=O) groups is 3. The molecule has 1 aliphatic rings. The van der Waals surface area contributed by atoms with Gasteiger partial charge in [0, 0.05) is 51.9 Å². The number of nitrogens with zero attached hydrogens (tertiary/aromatic N) is 3. The lowest BCUT2D eigenvalue weighted by Gasteiger charge is -2.34. The molecule has 3 aromatic carbocycles. The summed E-state index contributed by atoms with van der Waals surface area (Å²) in [6.45, 7) is 1.54. The second-order valence-electron chi connectivity index (χ2n) is 12.8. The van der Waals surface area contributed by atoms with Crippen LogP contribution in [0.25, 0.3) is 11.1 Å². The normalized spacial score (nSPS) is 15.2. The van der Waals surface area contributed by atoms with E-state index in [0.29, 0.717) is 25.1 Å². The van der Waals surface area contributed by atoms with Crippen molar-refractivity contribution >= 4 is 17.7 Å². The van der Waals surface area contributed by atoms with Crippen LogP contribution in [-0.4, -0.2) is 91.0 Å². The molecule has 1 aliphatic heterocycles. The van der Waals surface area contributed by atoms with Gasteiger partial charge in [-0.2, -0.15) is 0 Å². The molecule has 0 spiro atoms. The molecule has 5 rings (SSSR count). The quantitative estimate of drug-likeness (QED) is 0.182. The summed E-state index contributed by atoms with van der Waals surface area (Å²) >= 11 is 0. The lowest BCUT2D eigenvalue weighted by molar-refractivity contribution is -0.149. The van der Waals surface area contributed by atoms with Crippen LogP contribution in [0.1, 0.15) is 29.5 Å². The van der Waals surface area contributed by atoms with E-state index in [9.17, 15) is 18.8 Å². The molecule has 10 heteroatoms. The number of likely N-dealkylation sites (N-methyl/N-ethyl adjacent to an activating group) is 2. The Labute approximate surface area is 293 Å². The van der Waals surface area contributed by atoms with Crippen LogP contribution in [-0.2, 0) is 38.4 Å². The summed E-state index contributed by atoms with van der Waals surface area (Å²) in [5, 5.41) is 6.34. The van der Waals surface area contributed by atoms with Gasteiger partial charge in [-0.05, 0) is 77.9 Å². The van der Waals surface area contributed by atoms with E-state index in [1.807, 2.05) is 66.7 Å². The van der Waals surface area contributed by atoms with Crippen molar-refractivity contribution in [1.82, 2.24) is 25.4 Å². The molecular formula is C40H46FN5O4. The van der Waals surface area contributed by atoms with E-state index in [-0.39, 0.29) is 49.0 Å². The topological polar surface area (TPSA) is 104 Å². The molecule has 0 unspecified atom stereocenters. The first kappa shape index (κ1) is 36.4. The fourth-order valence-corrected chi connectivity index (χ4v) is 6.18. The Kier molecular flexibility index (Phi) is 13.2. The summed E-state index contributed by atoms with van der Waals surface area (Å²) in [7, 11) is 3.20. The summed E-state index contributed by atoms with van der Waals surface area (Å²) in [5.41, 5.74) is 4.70. The Morgan fingerprint density at radius 3 is 2.14 bits per heavy atom. The van der Waals surface area contributed by atoms with Gasteiger partial charge in [-0.3, -0.25) is 19.4 Å². The van der Waals surface area contributed by atoms with Gasteiger partial charge in [0.2, 0.25) is 17.7 Å². The Hall–Kier alpha value is -4.93. The molecule has 50 heavy (non-hydrogen) atoms. The molecule has 9 nitrogen and oxygen atoms in total. The van der Waals surface area contributed by atoms with Crippen LogP contribution in [0.15, 0.2) is 103 Å². The fourth-order valence-electron chi connectivity index (χ4n) is 6.18. The van der Waals surface area contributed by atoms with Crippen LogP contribution in [0.3, 0.4) is 0 Å². The van der Waals surface area contributed by atoms with Gasteiger partial charge in [0.05, 0.1) is 6.61 Å². The van der Waals surface area contributed by atoms with Gasteiger partial charge in [-0.15, -0.1) is 0 Å². The van der Waals surface area contributed by atoms with Gasteiger partial charge in [0.1, 0.15) is 24.5 Å². The first-order chi connectivity index (χ1) is 24.3. The zero-order valence-electron chi connectivity index (χ0n) is 28.8. The van der Waals surface area contributed by atoms with Crippen LogP contribution in [0, 0.1) is 5.82 Å². The average Bonchev–Trinajstić information content (AvgIpc) is 3.67. The van der Waals surface area contributed by atoms with Gasteiger partial charge in [0.25, 0.3) is 0 Å². The monoisotopic (exact) mass is 679 g/mol. The van der Waals surface area contributed by atoms with Crippen LogP contribution in [0.5, 0.6) is 0 Å². The van der Waals surface area contributed by atoms with Crippen molar-refractivity contribution in [3.05, 3.63) is 126 Å². The van der Waals surface area contributed by atoms with Crippen LogP contribution in [0.4, 0.5) is 4.39 Å². The highest BCUT2D eigenvalue weighted by Gasteiger charge is 2.35. The maximum atomic E-state index is 14.5. The van der Waals surface area contributed by atoms with Crippen molar-refractivity contribution in [2.24, 2.45) is 0 Å². The third-order valence-electron chi connectivity index (χ3n) is 9.27. The molecule has 2 heterocycles. The van der Waals surface area contributed by atoms with E-state index in [1.54, 1.807) is 38.6 Å². The number of rotatable bonds is 16. The molecule has 0 bridgehead atoms. The number of ether oxygens (including phenoxy) is 1. The van der Waals surface area contributed by atoms with Crippen LogP contribution in [0.2, 0.25) is 0 Å². The number of nitrogens with one attached hydrogen (secondary N) is 2. The number of pyridine rings is 1. The smallest absolute Gasteiger partial charge is 0.249 e. The molecular weight excluding hydrogens is 633 g/mol. The summed E-state index contributed by atoms with van der Waals surface area (Å²) in [5.74, 6) is -1.44. The molecule has 262 valence electrons. The Morgan fingerprint density at radius 2 is 1.48 bits per heavy atom. The summed E-state index contributed by atoms with van der Waals surface area (Å²) in [4.78, 5) is 48.7. The zero-order chi connectivity index (χ0) is 35.3. The van der Waals surface area contributed by atoms with Gasteiger partial charge in [-0.25, -0.2) is 4.39 Å². The highest BCUT2D eigenvalue weighted by molar-refractivity contribution is 5.92. The van der Waals surface area contributed by atoms with Crippen molar-refractivity contribution in [3.63, 3.8) is 0 Å². The van der Waals surface area contributed by atoms with Gasteiger partial charge >= 0.3 is 0 Å². The minimum atomic E-state index is -0.915. The second kappa shape index (κ2) is 18.2. The van der Waals surface area contributed by atoms with Crippen molar-refractivity contribution in [1.29, 1.82) is 0 Å². The van der Waals surface area contributed by atoms with E-state index in [2.05, 4.69) is 15.6 Å². The first-order valence-electron chi connectivity index (χ1n) is 17.2. The Balaban J connectivity index is 1.35. The van der Waals surface area contributed by atoms with E-state index < -0.39 is 12.1 Å². The molecule has 3 atom stereocenters. The van der Waals surface area contributed by atoms with Gasteiger partial charge in [0.15, 0.2) is 0 Å². The Bertz CT molecular complexity index is 1670. The molecule has 0 radical (unpaired) electrons. The van der Waals surface area contributed by atoms with E-state index in [0.717, 1.165) is 41.6 Å². The number of carbonyl (C=O) groups excluding carboxylic acids is 3. The predicted octanol–water partition coefficient (Wildman–Crippen LogP) is 4.45. The molecule has 0 aliphatic carbocycles. The van der Waals surface area contributed by atoms with E-state index in [4.69, 9.17) is 4.74 Å². The van der Waals surface area contributed by atoms with Crippen molar-refractivity contribution < 1.29 is 23.5 Å². The van der Waals surface area contributed by atoms with Gasteiger partial charge in [-0.1, -0.05) is 66.7 Å². The predicted molar refractivity (Wildman–Crippen MR) is 192 cm³/mol. The molecule has 3 amide bonds. The van der Waals surface area contributed by atoms with Crippen molar-refractivity contribution in [2.75, 3.05) is 40.4 Å². The maximum Gasteiger partial charge on any atom is 0.249 e. The van der Waals surface area contributed by atoms with Gasteiger partial charge < -0.3 is 25.2 Å². The van der Waals surface area contributed by atoms with E-state index in [1.165, 1.54) is 21.9 Å². The zero-order valence-corrected chi connectivity index (χ0v) is 28.8. The molecule has 1 fully saturated rings. The van der Waals surface area contributed by atoms with Crippen molar-refractivity contribution in [3.8, 4) is 11.1 Å². The molecule has 0 saturated carbocycles. The summed E-state index contributed by atoms with van der Waals surface area (Å²) in [6.07, 6.45) is 6.45. The highest BCUT2D eigenvalue weighted by Crippen LogP contribution is 2.22. The number of aromatic nitrogens is 1. The maximum absolute atomic E-state index is 14.5. The Morgan fingerprint density at radius 1 is 0.840 bits per heavy atom. The minimum Gasteiger partial charge on any atom is -0.370 e. The standard InChI is InChI=1S/C40H46FN5O4/c1-45(38(47)28-50-27-35-9-6-21-43-35)37(26-30-10-14-33(15-11-30)32-7-4-3-5-8-32)40(49)46(2)36(25-31-12-16-34(41)17-13-31)39(48)44-24-20-29-18-22-42-23-19-29/h3-5,7-8,10-19,22-23,35-37,43H,6,9,20-21,24-28H2,1-2H3,(H,44,48)/t35-,36-,37-/m1/s1.